The van der Waals surface area contributed by atoms with Gasteiger partial charge in [-0.1, -0.05) is 13.8 Å². The summed E-state index contributed by atoms with van der Waals surface area (Å²) in [7, 11) is 0. The van der Waals surface area contributed by atoms with Crippen molar-refractivity contribution in [3.8, 4) is 6.07 Å². The van der Waals surface area contributed by atoms with Gasteiger partial charge in [0, 0.05) is 6.42 Å². The summed E-state index contributed by atoms with van der Waals surface area (Å²) in [6.45, 7) is 2.33. The largest absolute Gasteiger partial charge is 0.465 e. The number of alkyl halides is 2. The maximum absolute atomic E-state index is 13.2. The van der Waals surface area contributed by atoms with Gasteiger partial charge in [0.15, 0.2) is 0 Å². The van der Waals surface area contributed by atoms with Crippen LogP contribution in [0, 0.1) is 17.2 Å². The van der Waals surface area contributed by atoms with E-state index < -0.39 is 48.9 Å². The van der Waals surface area contributed by atoms with E-state index in [0.717, 1.165) is 4.90 Å². The SMILES string of the molecule is CC(C)[C@H](NC(=O)O)C(=O)N1CC(F)(F)C[C@H]1C#N. The third-order valence-corrected chi connectivity index (χ3v) is 2.91. The highest BCUT2D eigenvalue weighted by molar-refractivity contribution is 5.86. The molecule has 0 saturated carbocycles. The lowest BCUT2D eigenvalue weighted by Crippen LogP contribution is -2.52. The fourth-order valence-corrected chi connectivity index (χ4v) is 1.99. The van der Waals surface area contributed by atoms with Crippen LogP contribution in [0.15, 0.2) is 0 Å². The number of halogens is 2. The van der Waals surface area contributed by atoms with Crippen LogP contribution in [0.1, 0.15) is 20.3 Å². The summed E-state index contributed by atoms with van der Waals surface area (Å²) >= 11 is 0. The number of carboxylic acid groups (broad SMARTS) is 1. The van der Waals surface area contributed by atoms with Crippen LogP contribution < -0.4 is 5.32 Å². The van der Waals surface area contributed by atoms with E-state index in [4.69, 9.17) is 10.4 Å². The van der Waals surface area contributed by atoms with Crippen molar-refractivity contribution in [1.82, 2.24) is 10.2 Å². The summed E-state index contributed by atoms with van der Waals surface area (Å²) in [5.74, 6) is -4.31. The minimum Gasteiger partial charge on any atom is -0.465 e. The van der Waals surface area contributed by atoms with Crippen molar-refractivity contribution in [2.45, 2.75) is 38.3 Å². The first kappa shape index (κ1) is 15.1. The Morgan fingerprint density at radius 2 is 2.11 bits per heavy atom. The highest BCUT2D eigenvalue weighted by atomic mass is 19.3. The first-order valence-corrected chi connectivity index (χ1v) is 5.75. The van der Waals surface area contributed by atoms with Crippen molar-refractivity contribution in [3.05, 3.63) is 0 Å². The zero-order chi connectivity index (χ0) is 14.8. The molecular formula is C11H15F2N3O3. The van der Waals surface area contributed by atoms with Crippen molar-refractivity contribution >= 4 is 12.0 Å². The molecule has 1 aliphatic heterocycles. The molecule has 0 radical (unpaired) electrons. The Kier molecular flexibility index (Phi) is 4.29. The summed E-state index contributed by atoms with van der Waals surface area (Å²) in [6.07, 6.45) is -2.13. The van der Waals surface area contributed by atoms with Crippen LogP contribution in [0.25, 0.3) is 0 Å². The molecule has 1 rings (SSSR count). The van der Waals surface area contributed by atoms with Crippen LogP contribution in [0.3, 0.4) is 0 Å². The molecule has 1 saturated heterocycles. The third-order valence-electron chi connectivity index (χ3n) is 2.91. The molecule has 2 atom stereocenters. The first-order chi connectivity index (χ1) is 8.68. The minimum absolute atomic E-state index is 0.405. The molecule has 0 aromatic heterocycles. The van der Waals surface area contributed by atoms with Crippen LogP contribution in [0.5, 0.6) is 0 Å². The van der Waals surface area contributed by atoms with Crippen molar-refractivity contribution in [2.75, 3.05) is 6.54 Å². The van der Waals surface area contributed by atoms with Gasteiger partial charge in [0.1, 0.15) is 12.1 Å². The number of nitrogens with zero attached hydrogens (tertiary/aromatic N) is 2. The van der Waals surface area contributed by atoms with Gasteiger partial charge in [-0.3, -0.25) is 4.79 Å². The van der Waals surface area contributed by atoms with E-state index in [2.05, 4.69) is 0 Å². The van der Waals surface area contributed by atoms with E-state index in [1.165, 1.54) is 0 Å². The molecule has 6 nitrogen and oxygen atoms in total. The van der Waals surface area contributed by atoms with Crippen LogP contribution in [-0.2, 0) is 4.79 Å². The number of hydrogen-bond donors (Lipinski definition) is 2. The smallest absolute Gasteiger partial charge is 0.405 e. The second-order valence-electron chi connectivity index (χ2n) is 4.84. The normalized spacial score (nSPS) is 22.9. The number of carbonyl (C=O) groups is 2. The molecule has 1 fully saturated rings. The van der Waals surface area contributed by atoms with Gasteiger partial charge in [-0.25, -0.2) is 13.6 Å². The number of rotatable bonds is 3. The lowest BCUT2D eigenvalue weighted by atomic mass is 10.0. The monoisotopic (exact) mass is 275 g/mol. The summed E-state index contributed by atoms with van der Waals surface area (Å²) in [5.41, 5.74) is 0. The van der Waals surface area contributed by atoms with Gasteiger partial charge in [0.25, 0.3) is 5.92 Å². The average molecular weight is 275 g/mol. The molecule has 0 aromatic carbocycles. The summed E-state index contributed by atoms with van der Waals surface area (Å²) in [4.78, 5) is 23.5. The zero-order valence-electron chi connectivity index (χ0n) is 10.6. The zero-order valence-corrected chi connectivity index (χ0v) is 10.6. The predicted molar refractivity (Wildman–Crippen MR) is 60.5 cm³/mol. The molecule has 0 unspecified atom stereocenters. The number of hydrogen-bond acceptors (Lipinski definition) is 3. The summed E-state index contributed by atoms with van der Waals surface area (Å²) in [5, 5.41) is 19.5. The number of nitriles is 1. The molecule has 1 heterocycles. The molecule has 2 N–H and O–H groups in total. The van der Waals surface area contributed by atoms with E-state index in [9.17, 15) is 18.4 Å². The third kappa shape index (κ3) is 3.53. The van der Waals surface area contributed by atoms with Crippen LogP contribution in [0.4, 0.5) is 13.6 Å². The standard InChI is InChI=1S/C11H15F2N3O3/c1-6(2)8(15-10(18)19)9(17)16-5-11(12,13)3-7(16)4-14/h6-8,15H,3,5H2,1-2H3,(H,18,19)/t7-,8-/m0/s1. The van der Waals surface area contributed by atoms with Gasteiger partial charge < -0.3 is 15.3 Å². The fourth-order valence-electron chi connectivity index (χ4n) is 1.99. The number of carbonyl (C=O) groups excluding carboxylic acids is 1. The maximum atomic E-state index is 13.2. The van der Waals surface area contributed by atoms with E-state index in [0.29, 0.717) is 0 Å². The number of amides is 2. The average Bonchev–Trinajstić information content (AvgIpc) is 2.60. The lowest BCUT2D eigenvalue weighted by molar-refractivity contribution is -0.135. The first-order valence-electron chi connectivity index (χ1n) is 5.75. The molecule has 8 heteroatoms. The molecule has 0 bridgehead atoms. The van der Waals surface area contributed by atoms with Crippen LogP contribution in [0.2, 0.25) is 0 Å². The molecule has 0 aliphatic carbocycles. The molecule has 1 aliphatic rings. The van der Waals surface area contributed by atoms with Crippen LogP contribution >= 0.6 is 0 Å². The Morgan fingerprint density at radius 3 is 2.53 bits per heavy atom. The highest BCUT2D eigenvalue weighted by Crippen LogP contribution is 2.32. The maximum Gasteiger partial charge on any atom is 0.405 e. The van der Waals surface area contributed by atoms with E-state index in [1.807, 2.05) is 5.32 Å². The van der Waals surface area contributed by atoms with Gasteiger partial charge in [-0.2, -0.15) is 5.26 Å². The minimum atomic E-state index is -3.11. The Labute approximate surface area is 109 Å². The van der Waals surface area contributed by atoms with Crippen molar-refractivity contribution in [2.24, 2.45) is 5.92 Å². The Hall–Kier alpha value is -1.91. The molecule has 0 aromatic rings. The Bertz CT molecular complexity index is 420. The molecule has 19 heavy (non-hydrogen) atoms. The van der Waals surface area contributed by atoms with E-state index in [1.54, 1.807) is 19.9 Å². The Balaban J connectivity index is 2.91. The molecule has 2 amide bonds. The second kappa shape index (κ2) is 5.38. The van der Waals surface area contributed by atoms with Crippen LogP contribution in [-0.4, -0.2) is 46.6 Å². The van der Waals surface area contributed by atoms with Crippen molar-refractivity contribution in [1.29, 1.82) is 5.26 Å². The van der Waals surface area contributed by atoms with E-state index in [-0.39, 0.29) is 0 Å². The quantitative estimate of drug-likeness (QED) is 0.804. The highest BCUT2D eigenvalue weighted by Gasteiger charge is 2.48. The molecule has 0 spiro atoms. The van der Waals surface area contributed by atoms with Gasteiger partial charge >= 0.3 is 6.09 Å². The number of likely N-dealkylation sites (tertiary alicyclic amines) is 1. The summed E-state index contributed by atoms with van der Waals surface area (Å²) < 4.78 is 26.5. The summed E-state index contributed by atoms with van der Waals surface area (Å²) in [6, 6.07) is -0.712. The molecular weight excluding hydrogens is 260 g/mol. The Morgan fingerprint density at radius 1 is 1.53 bits per heavy atom. The van der Waals surface area contributed by atoms with Gasteiger partial charge in [0.05, 0.1) is 12.6 Å². The van der Waals surface area contributed by atoms with E-state index >= 15 is 0 Å². The topological polar surface area (TPSA) is 93.4 Å². The molecule has 106 valence electrons. The second-order valence-corrected chi connectivity index (χ2v) is 4.84. The number of nitrogens with one attached hydrogen (secondary N) is 1. The fraction of sp³-hybridized carbons (Fsp3) is 0.727. The van der Waals surface area contributed by atoms with Gasteiger partial charge in [0.2, 0.25) is 5.91 Å². The van der Waals surface area contributed by atoms with Crippen molar-refractivity contribution in [3.63, 3.8) is 0 Å². The van der Waals surface area contributed by atoms with Gasteiger partial charge in [-0.05, 0) is 5.92 Å². The predicted octanol–water partition coefficient (Wildman–Crippen LogP) is 1.04. The lowest BCUT2D eigenvalue weighted by Gasteiger charge is -2.27. The van der Waals surface area contributed by atoms with Crippen molar-refractivity contribution < 1.29 is 23.5 Å². The van der Waals surface area contributed by atoms with Gasteiger partial charge in [-0.15, -0.1) is 0 Å².